The van der Waals surface area contributed by atoms with Gasteiger partial charge in [0, 0.05) is 11.9 Å². The third kappa shape index (κ3) is 4.53. The van der Waals surface area contributed by atoms with Crippen LogP contribution in [0.3, 0.4) is 0 Å². The molecule has 18 heavy (non-hydrogen) atoms. The van der Waals surface area contributed by atoms with Gasteiger partial charge in [-0.1, -0.05) is 13.0 Å². The minimum absolute atomic E-state index is 0.0191. The van der Waals surface area contributed by atoms with Crippen LogP contribution in [0.1, 0.15) is 25.3 Å². The summed E-state index contributed by atoms with van der Waals surface area (Å²) >= 11 is 5.65. The molecule has 0 heterocycles. The van der Waals surface area contributed by atoms with Crippen molar-refractivity contribution < 1.29 is 9.66 Å². The summed E-state index contributed by atoms with van der Waals surface area (Å²) in [6, 6.07) is 4.89. The van der Waals surface area contributed by atoms with Crippen LogP contribution in [0.25, 0.3) is 0 Å². The molecule has 0 aliphatic rings. The van der Waals surface area contributed by atoms with Gasteiger partial charge in [0.1, 0.15) is 0 Å². The van der Waals surface area contributed by atoms with Gasteiger partial charge in [0.05, 0.1) is 11.5 Å². The lowest BCUT2D eigenvalue weighted by molar-refractivity contribution is -0.385. The third-order valence-corrected chi connectivity index (χ3v) is 3.00. The van der Waals surface area contributed by atoms with Gasteiger partial charge in [0.15, 0.2) is 5.75 Å². The molecule has 0 fully saturated rings. The molecule has 0 amide bonds. The maximum Gasteiger partial charge on any atom is 0.310 e. The fourth-order valence-electron chi connectivity index (χ4n) is 1.59. The van der Waals surface area contributed by atoms with Gasteiger partial charge in [-0.2, -0.15) is 0 Å². The van der Waals surface area contributed by atoms with Gasteiger partial charge in [-0.15, -0.1) is 11.6 Å². The molecular formula is C13H18ClNO3. The minimum atomic E-state index is -0.420. The quantitative estimate of drug-likeness (QED) is 0.429. The molecule has 100 valence electrons. The van der Waals surface area contributed by atoms with Crippen molar-refractivity contribution in [1.82, 2.24) is 0 Å². The van der Waals surface area contributed by atoms with E-state index in [1.54, 1.807) is 12.1 Å². The van der Waals surface area contributed by atoms with E-state index in [0.29, 0.717) is 24.2 Å². The first-order valence-corrected chi connectivity index (χ1v) is 6.52. The predicted molar refractivity (Wildman–Crippen MR) is 72.4 cm³/mol. The Kier molecular flexibility index (Phi) is 5.92. The molecule has 0 spiro atoms. The van der Waals surface area contributed by atoms with Gasteiger partial charge in [-0.25, -0.2) is 0 Å². The zero-order valence-corrected chi connectivity index (χ0v) is 11.4. The molecule has 0 bridgehead atoms. The van der Waals surface area contributed by atoms with Crippen LogP contribution in [0.15, 0.2) is 18.2 Å². The maximum absolute atomic E-state index is 10.8. The summed E-state index contributed by atoms with van der Waals surface area (Å²) in [4.78, 5) is 10.4. The fraction of sp³-hybridized carbons (Fsp3) is 0.538. The first-order valence-electron chi connectivity index (χ1n) is 5.98. The number of hydrogen-bond acceptors (Lipinski definition) is 3. The van der Waals surface area contributed by atoms with E-state index in [9.17, 15) is 10.1 Å². The molecular weight excluding hydrogens is 254 g/mol. The monoisotopic (exact) mass is 271 g/mol. The van der Waals surface area contributed by atoms with E-state index in [4.69, 9.17) is 16.3 Å². The number of ether oxygens (including phenoxy) is 1. The van der Waals surface area contributed by atoms with Crippen molar-refractivity contribution in [3.05, 3.63) is 33.9 Å². The maximum atomic E-state index is 10.8. The van der Waals surface area contributed by atoms with Gasteiger partial charge < -0.3 is 4.74 Å². The molecule has 4 nitrogen and oxygen atoms in total. The largest absolute Gasteiger partial charge is 0.487 e. The average Bonchev–Trinajstić information content (AvgIpc) is 2.29. The minimum Gasteiger partial charge on any atom is -0.487 e. The topological polar surface area (TPSA) is 52.4 Å². The Bertz CT molecular complexity index is 409. The Balaban J connectivity index is 2.60. The molecule has 1 unspecified atom stereocenters. The Morgan fingerprint density at radius 1 is 1.44 bits per heavy atom. The molecule has 0 saturated carbocycles. The number of alkyl halides is 1. The second-order valence-electron chi connectivity index (χ2n) is 4.45. The molecule has 0 radical (unpaired) electrons. The Morgan fingerprint density at radius 3 is 2.78 bits per heavy atom. The first-order chi connectivity index (χ1) is 8.54. The molecule has 1 aromatic rings. The van der Waals surface area contributed by atoms with Gasteiger partial charge in [0.2, 0.25) is 0 Å². The number of nitro groups is 1. The van der Waals surface area contributed by atoms with Crippen LogP contribution >= 0.6 is 11.6 Å². The Labute approximate surface area is 112 Å². The summed E-state index contributed by atoms with van der Waals surface area (Å²) in [6.45, 7) is 4.45. The predicted octanol–water partition coefficient (Wildman–Crippen LogP) is 3.94. The zero-order valence-electron chi connectivity index (χ0n) is 10.7. The standard InChI is InChI=1S/C13H18ClNO3/c1-10(5-7-14)6-8-18-13-9-11(2)3-4-12(13)15(16)17/h3-4,9-10H,5-8H2,1-2H3. The molecule has 0 saturated heterocycles. The zero-order chi connectivity index (χ0) is 13.5. The highest BCUT2D eigenvalue weighted by molar-refractivity contribution is 6.17. The van der Waals surface area contributed by atoms with Crippen LogP contribution in [0.5, 0.6) is 5.75 Å². The summed E-state index contributed by atoms with van der Waals surface area (Å²) in [5.74, 6) is 1.44. The highest BCUT2D eigenvalue weighted by Gasteiger charge is 2.15. The lowest BCUT2D eigenvalue weighted by Gasteiger charge is -2.11. The normalized spacial score (nSPS) is 12.2. The van der Waals surface area contributed by atoms with Gasteiger partial charge in [-0.05, 0) is 37.3 Å². The smallest absolute Gasteiger partial charge is 0.310 e. The van der Waals surface area contributed by atoms with Crippen molar-refractivity contribution in [1.29, 1.82) is 0 Å². The lowest BCUT2D eigenvalue weighted by atomic mass is 10.1. The van der Waals surface area contributed by atoms with Crippen LogP contribution in [-0.2, 0) is 0 Å². The Hall–Kier alpha value is -1.29. The van der Waals surface area contributed by atoms with E-state index in [0.717, 1.165) is 18.4 Å². The number of halogens is 1. The highest BCUT2D eigenvalue weighted by atomic mass is 35.5. The molecule has 5 heteroatoms. The summed E-state index contributed by atoms with van der Waals surface area (Å²) in [5.41, 5.74) is 0.968. The fourth-order valence-corrected chi connectivity index (χ4v) is 1.96. The number of benzene rings is 1. The average molecular weight is 272 g/mol. The third-order valence-electron chi connectivity index (χ3n) is 2.78. The molecule has 0 N–H and O–H groups in total. The summed E-state index contributed by atoms with van der Waals surface area (Å²) in [7, 11) is 0. The molecule has 0 aromatic heterocycles. The van der Waals surface area contributed by atoms with Crippen LogP contribution in [-0.4, -0.2) is 17.4 Å². The van der Waals surface area contributed by atoms with Gasteiger partial charge in [-0.3, -0.25) is 10.1 Å². The number of nitrogens with zero attached hydrogens (tertiary/aromatic N) is 1. The molecule has 0 aliphatic carbocycles. The van der Waals surface area contributed by atoms with Gasteiger partial charge >= 0.3 is 5.69 Å². The van der Waals surface area contributed by atoms with E-state index in [2.05, 4.69) is 6.92 Å². The second kappa shape index (κ2) is 7.21. The van der Waals surface area contributed by atoms with Crippen molar-refractivity contribution in [2.24, 2.45) is 5.92 Å². The number of aryl methyl sites for hydroxylation is 1. The van der Waals surface area contributed by atoms with Crippen LogP contribution in [0.2, 0.25) is 0 Å². The van der Waals surface area contributed by atoms with Crippen LogP contribution in [0.4, 0.5) is 5.69 Å². The Morgan fingerprint density at radius 2 is 2.17 bits per heavy atom. The lowest BCUT2D eigenvalue weighted by Crippen LogP contribution is -2.06. The second-order valence-corrected chi connectivity index (χ2v) is 4.83. The molecule has 0 aliphatic heterocycles. The molecule has 1 atom stereocenters. The van der Waals surface area contributed by atoms with Crippen molar-refractivity contribution in [3.63, 3.8) is 0 Å². The van der Waals surface area contributed by atoms with E-state index < -0.39 is 4.92 Å². The van der Waals surface area contributed by atoms with E-state index in [1.165, 1.54) is 6.07 Å². The SMILES string of the molecule is Cc1ccc([N+](=O)[O-])c(OCCC(C)CCCl)c1. The van der Waals surface area contributed by atoms with Crippen molar-refractivity contribution >= 4 is 17.3 Å². The van der Waals surface area contributed by atoms with Crippen LogP contribution < -0.4 is 4.74 Å². The van der Waals surface area contributed by atoms with Crippen molar-refractivity contribution in [3.8, 4) is 5.75 Å². The summed E-state index contributed by atoms with van der Waals surface area (Å²) in [5, 5.41) is 10.8. The summed E-state index contributed by atoms with van der Waals surface area (Å²) < 4.78 is 5.51. The van der Waals surface area contributed by atoms with E-state index in [-0.39, 0.29) is 5.69 Å². The number of nitro benzene ring substituents is 1. The van der Waals surface area contributed by atoms with Gasteiger partial charge in [0.25, 0.3) is 0 Å². The first kappa shape index (κ1) is 14.8. The number of rotatable bonds is 7. The van der Waals surface area contributed by atoms with Crippen LogP contribution in [0, 0.1) is 23.0 Å². The molecule has 1 aromatic carbocycles. The number of hydrogen-bond donors (Lipinski definition) is 0. The summed E-state index contributed by atoms with van der Waals surface area (Å²) in [6.07, 6.45) is 1.78. The van der Waals surface area contributed by atoms with E-state index in [1.807, 2.05) is 6.92 Å². The molecule has 1 rings (SSSR count). The highest BCUT2D eigenvalue weighted by Crippen LogP contribution is 2.28. The van der Waals surface area contributed by atoms with Crippen molar-refractivity contribution in [2.75, 3.05) is 12.5 Å². The van der Waals surface area contributed by atoms with E-state index >= 15 is 0 Å². The van der Waals surface area contributed by atoms with Crippen molar-refractivity contribution in [2.45, 2.75) is 26.7 Å².